The van der Waals surface area contributed by atoms with Crippen LogP contribution in [-0.4, -0.2) is 43.7 Å². The van der Waals surface area contributed by atoms with Crippen molar-refractivity contribution in [3.05, 3.63) is 39.9 Å². The maximum absolute atomic E-state index is 12.1. The topological polar surface area (TPSA) is 32.3 Å². The Hall–Kier alpha value is -1.24. The van der Waals surface area contributed by atoms with Crippen molar-refractivity contribution in [3.63, 3.8) is 0 Å². The highest BCUT2D eigenvalue weighted by molar-refractivity contribution is 6.34. The van der Waals surface area contributed by atoms with Gasteiger partial charge in [0.1, 0.15) is 0 Å². The second-order valence-corrected chi connectivity index (χ2v) is 5.84. The molecule has 0 spiro atoms. The van der Waals surface area contributed by atoms with Crippen LogP contribution in [0.1, 0.15) is 12.0 Å². The Morgan fingerprint density at radius 1 is 1.35 bits per heavy atom. The normalized spacial score (nSPS) is 12.1. The van der Waals surface area contributed by atoms with Crippen molar-refractivity contribution < 1.29 is 18.0 Å². The first kappa shape index (κ1) is 19.8. The molecule has 0 heterocycles. The van der Waals surface area contributed by atoms with Gasteiger partial charge in [-0.3, -0.25) is 9.69 Å². The van der Waals surface area contributed by atoms with E-state index in [9.17, 15) is 18.0 Å². The van der Waals surface area contributed by atoms with Crippen LogP contribution in [-0.2, 0) is 4.79 Å². The van der Waals surface area contributed by atoms with E-state index in [0.29, 0.717) is 22.0 Å². The molecule has 1 rings (SSSR count). The van der Waals surface area contributed by atoms with Crippen molar-refractivity contribution >= 4 is 35.2 Å². The largest absolute Gasteiger partial charge is 0.401 e. The summed E-state index contributed by atoms with van der Waals surface area (Å²) >= 11 is 11.8. The van der Waals surface area contributed by atoms with Gasteiger partial charge in [-0.2, -0.15) is 13.2 Å². The van der Waals surface area contributed by atoms with Crippen LogP contribution in [0.15, 0.2) is 24.3 Å². The Labute approximate surface area is 143 Å². The average molecular weight is 369 g/mol. The molecule has 0 saturated carbocycles. The van der Waals surface area contributed by atoms with Gasteiger partial charge in [-0.1, -0.05) is 23.2 Å². The third-order valence-electron chi connectivity index (χ3n) is 2.84. The summed E-state index contributed by atoms with van der Waals surface area (Å²) in [6, 6.07) is 4.89. The minimum Gasteiger partial charge on any atom is -0.353 e. The molecule has 3 nitrogen and oxygen atoms in total. The fraction of sp³-hybridized carbons (Fsp3) is 0.400. The van der Waals surface area contributed by atoms with Crippen LogP contribution < -0.4 is 5.32 Å². The Balaban J connectivity index is 2.32. The molecular formula is C15H17Cl2F3N2O. The predicted molar refractivity (Wildman–Crippen MR) is 86.7 cm³/mol. The zero-order chi connectivity index (χ0) is 17.5. The molecule has 23 heavy (non-hydrogen) atoms. The van der Waals surface area contributed by atoms with E-state index in [1.165, 1.54) is 19.2 Å². The second-order valence-electron chi connectivity index (χ2n) is 5.00. The van der Waals surface area contributed by atoms with Crippen molar-refractivity contribution in [2.45, 2.75) is 12.6 Å². The number of nitrogens with zero attached hydrogens (tertiary/aromatic N) is 1. The Bertz CT molecular complexity index is 562. The van der Waals surface area contributed by atoms with Crippen LogP contribution in [0.25, 0.3) is 6.08 Å². The lowest BCUT2D eigenvalue weighted by atomic mass is 10.2. The second kappa shape index (κ2) is 9.15. The molecular weight excluding hydrogens is 352 g/mol. The zero-order valence-electron chi connectivity index (χ0n) is 12.5. The van der Waals surface area contributed by atoms with Gasteiger partial charge in [-0.15, -0.1) is 0 Å². The fourth-order valence-corrected chi connectivity index (χ4v) is 2.17. The first-order valence-corrected chi connectivity index (χ1v) is 7.59. The van der Waals surface area contributed by atoms with Gasteiger partial charge in [0.05, 0.1) is 6.54 Å². The maximum atomic E-state index is 12.1. The number of halogens is 5. The van der Waals surface area contributed by atoms with Crippen molar-refractivity contribution in [2.24, 2.45) is 0 Å². The number of rotatable bonds is 7. The summed E-state index contributed by atoms with van der Waals surface area (Å²) in [5, 5.41) is 3.56. The summed E-state index contributed by atoms with van der Waals surface area (Å²) < 4.78 is 36.4. The lowest BCUT2D eigenvalue weighted by Gasteiger charge is -2.18. The number of alkyl halides is 3. The van der Waals surface area contributed by atoms with Gasteiger partial charge in [-0.05, 0) is 49.9 Å². The highest BCUT2D eigenvalue weighted by Gasteiger charge is 2.28. The van der Waals surface area contributed by atoms with Crippen LogP contribution in [0.2, 0.25) is 10.0 Å². The van der Waals surface area contributed by atoms with Crippen molar-refractivity contribution in [3.8, 4) is 0 Å². The summed E-state index contributed by atoms with van der Waals surface area (Å²) in [6.45, 7) is -0.438. The fourth-order valence-electron chi connectivity index (χ4n) is 1.81. The standard InChI is InChI=1S/C15H17Cl2F3N2O/c1-22(10-15(18,19)20)8-2-7-21-14(23)6-3-11-9-12(16)4-5-13(11)17/h3-6,9H,2,7-8,10H2,1H3,(H,21,23)/b6-3+. The van der Waals surface area contributed by atoms with E-state index >= 15 is 0 Å². The van der Waals surface area contributed by atoms with E-state index in [1.807, 2.05) is 0 Å². The number of nitrogens with one attached hydrogen (secondary N) is 1. The van der Waals surface area contributed by atoms with Crippen molar-refractivity contribution in [1.82, 2.24) is 10.2 Å². The molecule has 0 aliphatic carbocycles. The molecule has 0 aliphatic rings. The van der Waals surface area contributed by atoms with E-state index < -0.39 is 12.7 Å². The lowest BCUT2D eigenvalue weighted by Crippen LogP contribution is -2.33. The van der Waals surface area contributed by atoms with Gasteiger partial charge >= 0.3 is 6.18 Å². The van der Waals surface area contributed by atoms with E-state index in [-0.39, 0.29) is 19.0 Å². The molecule has 0 unspecified atom stereocenters. The summed E-state index contributed by atoms with van der Waals surface area (Å²) in [5.74, 6) is -0.348. The molecule has 0 aliphatic heterocycles. The highest BCUT2D eigenvalue weighted by atomic mass is 35.5. The van der Waals surface area contributed by atoms with Gasteiger partial charge in [0.25, 0.3) is 0 Å². The molecule has 0 aromatic heterocycles. The zero-order valence-corrected chi connectivity index (χ0v) is 14.0. The Kier molecular flexibility index (Phi) is 7.88. The molecule has 1 amide bonds. The smallest absolute Gasteiger partial charge is 0.353 e. The molecule has 8 heteroatoms. The lowest BCUT2D eigenvalue weighted by molar-refractivity contribution is -0.143. The first-order chi connectivity index (χ1) is 10.7. The molecule has 0 atom stereocenters. The number of amides is 1. The van der Waals surface area contributed by atoms with E-state index in [0.717, 1.165) is 4.90 Å². The Morgan fingerprint density at radius 2 is 2.04 bits per heavy atom. The van der Waals surface area contributed by atoms with E-state index in [4.69, 9.17) is 23.2 Å². The van der Waals surface area contributed by atoms with Gasteiger partial charge in [0.2, 0.25) is 5.91 Å². The van der Waals surface area contributed by atoms with Crippen LogP contribution in [0.3, 0.4) is 0 Å². The third kappa shape index (κ3) is 8.83. The van der Waals surface area contributed by atoms with Crippen molar-refractivity contribution in [1.29, 1.82) is 0 Å². The maximum Gasteiger partial charge on any atom is 0.401 e. The van der Waals surface area contributed by atoms with Crippen LogP contribution in [0, 0.1) is 0 Å². The summed E-state index contributed by atoms with van der Waals surface area (Å²) in [7, 11) is 1.39. The molecule has 0 fully saturated rings. The minimum absolute atomic E-state index is 0.240. The van der Waals surface area contributed by atoms with E-state index in [2.05, 4.69) is 5.32 Å². The molecule has 0 bridgehead atoms. The number of carbonyl (C=O) groups is 1. The molecule has 0 radical (unpaired) electrons. The summed E-state index contributed by atoms with van der Waals surface area (Å²) in [5.41, 5.74) is 0.610. The molecule has 128 valence electrons. The summed E-state index contributed by atoms with van der Waals surface area (Å²) in [4.78, 5) is 12.8. The van der Waals surface area contributed by atoms with Gasteiger partial charge in [-0.25, -0.2) is 0 Å². The molecule has 0 saturated heterocycles. The highest BCUT2D eigenvalue weighted by Crippen LogP contribution is 2.21. The van der Waals surface area contributed by atoms with Gasteiger partial charge < -0.3 is 5.32 Å². The first-order valence-electron chi connectivity index (χ1n) is 6.83. The molecule has 1 aromatic rings. The number of hydrogen-bond acceptors (Lipinski definition) is 2. The van der Waals surface area contributed by atoms with Gasteiger partial charge in [0, 0.05) is 22.7 Å². The average Bonchev–Trinajstić information content (AvgIpc) is 2.42. The van der Waals surface area contributed by atoms with Crippen LogP contribution >= 0.6 is 23.2 Å². The molecule has 1 aromatic carbocycles. The van der Waals surface area contributed by atoms with Crippen LogP contribution in [0.4, 0.5) is 13.2 Å². The monoisotopic (exact) mass is 368 g/mol. The predicted octanol–water partition coefficient (Wildman–Crippen LogP) is 4.01. The number of hydrogen-bond donors (Lipinski definition) is 1. The molecule has 1 N–H and O–H groups in total. The van der Waals surface area contributed by atoms with E-state index in [1.54, 1.807) is 18.2 Å². The SMILES string of the molecule is CN(CCCNC(=O)/C=C/c1cc(Cl)ccc1Cl)CC(F)(F)F. The Morgan fingerprint density at radius 3 is 2.70 bits per heavy atom. The van der Waals surface area contributed by atoms with Crippen LogP contribution in [0.5, 0.6) is 0 Å². The minimum atomic E-state index is -4.21. The number of benzene rings is 1. The van der Waals surface area contributed by atoms with Gasteiger partial charge in [0.15, 0.2) is 0 Å². The third-order valence-corrected chi connectivity index (χ3v) is 3.42. The summed E-state index contributed by atoms with van der Waals surface area (Å²) in [6.07, 6.45) is -0.961. The van der Waals surface area contributed by atoms with Crippen molar-refractivity contribution in [2.75, 3.05) is 26.7 Å². The number of carbonyl (C=O) groups excluding carboxylic acids is 1. The quantitative estimate of drug-likeness (QED) is 0.582.